The third-order valence-electron chi connectivity index (χ3n) is 5.85. The number of phenols is 1. The second-order valence-corrected chi connectivity index (χ2v) is 10.1. The Bertz CT molecular complexity index is 1090. The molecule has 0 heterocycles. The van der Waals surface area contributed by atoms with Crippen LogP contribution < -0.4 is 16.0 Å². The van der Waals surface area contributed by atoms with Gasteiger partial charge in [0.2, 0.25) is 11.8 Å². The van der Waals surface area contributed by atoms with Gasteiger partial charge in [0.1, 0.15) is 23.9 Å². The first kappa shape index (κ1) is 29.7. The first-order chi connectivity index (χ1) is 17.5. The first-order valence-corrected chi connectivity index (χ1v) is 13.4. The van der Waals surface area contributed by atoms with E-state index in [4.69, 9.17) is 0 Å². The molecule has 0 saturated carbocycles. The van der Waals surface area contributed by atoms with Crippen LogP contribution in [-0.4, -0.2) is 64.0 Å². The van der Waals surface area contributed by atoms with Crippen molar-refractivity contribution in [2.24, 2.45) is 5.92 Å². The van der Waals surface area contributed by atoms with Gasteiger partial charge in [0.25, 0.3) is 5.91 Å². The van der Waals surface area contributed by atoms with Crippen LogP contribution >= 0.6 is 11.8 Å². The lowest BCUT2D eigenvalue weighted by Gasteiger charge is -2.26. The van der Waals surface area contributed by atoms with Crippen molar-refractivity contribution in [3.8, 4) is 5.75 Å². The topological polar surface area (TPSA) is 145 Å². The fourth-order valence-corrected chi connectivity index (χ4v) is 4.07. The smallest absolute Gasteiger partial charge is 0.326 e. The van der Waals surface area contributed by atoms with E-state index in [0.29, 0.717) is 11.3 Å². The average molecular weight is 530 g/mol. The highest BCUT2D eigenvalue weighted by atomic mass is 32.2. The molecule has 0 fully saturated rings. The summed E-state index contributed by atoms with van der Waals surface area (Å²) in [6.45, 7) is 5.22. The number of rotatable bonds is 13. The molecule has 0 aliphatic carbocycles. The van der Waals surface area contributed by atoms with E-state index < -0.39 is 41.8 Å². The van der Waals surface area contributed by atoms with E-state index in [1.165, 1.54) is 17.8 Å². The number of carbonyl (C=O) groups is 4. The van der Waals surface area contributed by atoms with Crippen molar-refractivity contribution < 1.29 is 29.4 Å². The summed E-state index contributed by atoms with van der Waals surface area (Å²) in [5.41, 5.74) is 1.58. The Balaban J connectivity index is 2.23. The molecule has 10 heteroatoms. The highest BCUT2D eigenvalue weighted by Crippen LogP contribution is 2.18. The van der Waals surface area contributed by atoms with E-state index in [9.17, 15) is 29.4 Å². The summed E-state index contributed by atoms with van der Waals surface area (Å²) < 4.78 is 0. The van der Waals surface area contributed by atoms with E-state index in [2.05, 4.69) is 16.0 Å². The molecule has 5 N–H and O–H groups in total. The van der Waals surface area contributed by atoms with Crippen molar-refractivity contribution in [2.75, 3.05) is 12.0 Å². The third kappa shape index (κ3) is 9.13. The predicted octanol–water partition coefficient (Wildman–Crippen LogP) is 2.51. The fraction of sp³-hybridized carbons (Fsp3) is 0.407. The summed E-state index contributed by atoms with van der Waals surface area (Å²) in [6, 6.07) is 10.4. The molecule has 0 spiro atoms. The maximum absolute atomic E-state index is 13.3. The molecule has 0 aromatic heterocycles. The van der Waals surface area contributed by atoms with Crippen LogP contribution in [0.3, 0.4) is 0 Å². The molecule has 9 nitrogen and oxygen atoms in total. The summed E-state index contributed by atoms with van der Waals surface area (Å²) in [5.74, 6) is -2.71. The van der Waals surface area contributed by atoms with Gasteiger partial charge in [-0.1, -0.05) is 50.2 Å². The van der Waals surface area contributed by atoms with E-state index in [1.54, 1.807) is 57.2 Å². The van der Waals surface area contributed by atoms with Gasteiger partial charge >= 0.3 is 5.97 Å². The normalized spacial score (nSPS) is 13.3. The zero-order chi connectivity index (χ0) is 27.5. The largest absolute Gasteiger partial charge is 0.508 e. The first-order valence-electron chi connectivity index (χ1n) is 12.0. The van der Waals surface area contributed by atoms with Gasteiger partial charge in [-0.2, -0.15) is 11.8 Å². The minimum Gasteiger partial charge on any atom is -0.508 e. The Labute approximate surface area is 221 Å². The molecule has 2 aromatic rings. The Morgan fingerprint density at radius 1 is 0.919 bits per heavy atom. The average Bonchev–Trinajstić information content (AvgIpc) is 2.86. The van der Waals surface area contributed by atoms with Gasteiger partial charge in [-0.15, -0.1) is 0 Å². The summed E-state index contributed by atoms with van der Waals surface area (Å²) >= 11 is 1.47. The number of carbonyl (C=O) groups excluding carboxylic acids is 3. The van der Waals surface area contributed by atoms with Gasteiger partial charge in [0.05, 0.1) is 0 Å². The Kier molecular flexibility index (Phi) is 11.5. The van der Waals surface area contributed by atoms with Crippen LogP contribution in [0, 0.1) is 12.8 Å². The van der Waals surface area contributed by atoms with Crippen molar-refractivity contribution in [3.05, 3.63) is 65.2 Å². The van der Waals surface area contributed by atoms with Crippen LogP contribution in [0.4, 0.5) is 0 Å². The number of aliphatic carboxylic acids is 1. The van der Waals surface area contributed by atoms with Crippen molar-refractivity contribution >= 4 is 35.5 Å². The molecular weight excluding hydrogens is 494 g/mol. The minimum absolute atomic E-state index is 0.0350. The lowest BCUT2D eigenvalue weighted by Crippen LogP contribution is -2.57. The minimum atomic E-state index is -1.15. The van der Waals surface area contributed by atoms with Crippen molar-refractivity contribution in [2.45, 2.75) is 51.7 Å². The van der Waals surface area contributed by atoms with Crippen molar-refractivity contribution in [3.63, 3.8) is 0 Å². The number of hydrogen-bond donors (Lipinski definition) is 5. The van der Waals surface area contributed by atoms with Gasteiger partial charge in [0, 0.05) is 12.0 Å². The molecule has 3 amide bonds. The summed E-state index contributed by atoms with van der Waals surface area (Å²) in [7, 11) is 0. The number of aryl methyl sites for hydroxylation is 1. The lowest BCUT2D eigenvalue weighted by molar-refractivity contribution is -0.142. The van der Waals surface area contributed by atoms with Crippen LogP contribution in [0.1, 0.15) is 41.8 Å². The number of carboxylic acids is 1. The Morgan fingerprint density at radius 2 is 1.57 bits per heavy atom. The standard InChI is InChI=1S/C27H35N3O6S/c1-16(2)23(30-24(32)19-11-10-17(3)22(31)15-19)26(34)29-21(14-18-8-6-5-7-9-18)25(33)28-20(27(35)36)12-13-37-4/h5-11,15-16,20-21,23,31H,12-14H2,1-4H3,(H,28,33)(H,29,34)(H,30,32)(H,35,36)/t20-,21-,23-/m0/s1. The SMILES string of the molecule is CSCC[C@H](NC(=O)[C@H](Cc1ccccc1)NC(=O)[C@@H](NC(=O)c1ccc(C)c(O)c1)C(C)C)C(=O)O. The number of aromatic hydroxyl groups is 1. The Hall–Kier alpha value is -3.53. The molecule has 0 radical (unpaired) electrons. The fourth-order valence-electron chi connectivity index (χ4n) is 3.60. The number of nitrogens with one attached hydrogen (secondary N) is 3. The van der Waals surface area contributed by atoms with E-state index in [1.807, 2.05) is 12.3 Å². The summed E-state index contributed by atoms with van der Waals surface area (Å²) in [6.07, 6.45) is 2.22. The number of carboxylic acid groups (broad SMARTS) is 1. The number of thioether (sulfide) groups is 1. The lowest BCUT2D eigenvalue weighted by atomic mass is 10.00. The molecule has 2 aromatic carbocycles. The molecule has 0 bridgehead atoms. The van der Waals surface area contributed by atoms with E-state index in [-0.39, 0.29) is 30.1 Å². The Morgan fingerprint density at radius 3 is 2.14 bits per heavy atom. The molecular formula is C27H35N3O6S. The van der Waals surface area contributed by atoms with Crippen LogP contribution in [0.25, 0.3) is 0 Å². The van der Waals surface area contributed by atoms with Gasteiger partial charge in [-0.05, 0) is 54.5 Å². The number of hydrogen-bond acceptors (Lipinski definition) is 6. The van der Waals surface area contributed by atoms with Crippen molar-refractivity contribution in [1.29, 1.82) is 0 Å². The number of phenolic OH excluding ortho intramolecular Hbond substituents is 1. The highest BCUT2D eigenvalue weighted by molar-refractivity contribution is 7.98. The molecule has 0 aliphatic heterocycles. The van der Waals surface area contributed by atoms with E-state index >= 15 is 0 Å². The number of amides is 3. The van der Waals surface area contributed by atoms with Crippen LogP contribution in [0.15, 0.2) is 48.5 Å². The monoisotopic (exact) mass is 529 g/mol. The van der Waals surface area contributed by atoms with Crippen LogP contribution in [0.5, 0.6) is 5.75 Å². The molecule has 37 heavy (non-hydrogen) atoms. The molecule has 0 saturated heterocycles. The zero-order valence-corrected chi connectivity index (χ0v) is 22.3. The molecule has 3 atom stereocenters. The zero-order valence-electron chi connectivity index (χ0n) is 21.5. The van der Waals surface area contributed by atoms with Crippen LogP contribution in [0.2, 0.25) is 0 Å². The van der Waals surface area contributed by atoms with Gasteiger partial charge in [-0.25, -0.2) is 4.79 Å². The summed E-state index contributed by atoms with van der Waals surface area (Å²) in [5, 5.41) is 27.4. The predicted molar refractivity (Wildman–Crippen MR) is 144 cm³/mol. The molecule has 200 valence electrons. The highest BCUT2D eigenvalue weighted by Gasteiger charge is 2.31. The quantitative estimate of drug-likeness (QED) is 0.268. The van der Waals surface area contributed by atoms with E-state index in [0.717, 1.165) is 5.56 Å². The van der Waals surface area contributed by atoms with Gasteiger partial charge in [-0.3, -0.25) is 14.4 Å². The second-order valence-electron chi connectivity index (χ2n) is 9.13. The van der Waals surface area contributed by atoms with Crippen LogP contribution in [-0.2, 0) is 20.8 Å². The molecule has 2 rings (SSSR count). The maximum atomic E-state index is 13.3. The van der Waals surface area contributed by atoms with Gasteiger partial charge in [0.15, 0.2) is 0 Å². The maximum Gasteiger partial charge on any atom is 0.326 e. The summed E-state index contributed by atoms with van der Waals surface area (Å²) in [4.78, 5) is 50.9. The molecule has 0 unspecified atom stereocenters. The number of benzene rings is 2. The van der Waals surface area contributed by atoms with Gasteiger partial charge < -0.3 is 26.2 Å². The third-order valence-corrected chi connectivity index (χ3v) is 6.49. The molecule has 0 aliphatic rings. The second kappa shape index (κ2) is 14.3. The van der Waals surface area contributed by atoms with Crippen molar-refractivity contribution in [1.82, 2.24) is 16.0 Å².